The summed E-state index contributed by atoms with van der Waals surface area (Å²) in [5.41, 5.74) is 2.72. The molecule has 0 saturated heterocycles. The van der Waals surface area contributed by atoms with Gasteiger partial charge in [-0.1, -0.05) is 34.1 Å². The first-order valence-electron chi connectivity index (χ1n) is 5.54. The van der Waals surface area contributed by atoms with E-state index >= 15 is 0 Å². The zero-order valence-electron chi connectivity index (χ0n) is 10.1. The number of aliphatic carboxylic acids is 1. The molecule has 94 valence electrons. The van der Waals surface area contributed by atoms with Crippen LogP contribution >= 0.6 is 15.9 Å². The van der Waals surface area contributed by atoms with Crippen LogP contribution < -0.4 is 0 Å². The summed E-state index contributed by atoms with van der Waals surface area (Å²) in [6, 6.07) is 7.09. The maximum atomic E-state index is 11.0. The van der Waals surface area contributed by atoms with Crippen LogP contribution in [0.2, 0.25) is 0 Å². The molecule has 0 radical (unpaired) electrons. The van der Waals surface area contributed by atoms with Crippen LogP contribution in [0.25, 0.3) is 11.3 Å². The molecule has 0 spiro atoms. The first-order chi connectivity index (χ1) is 8.50. The molecular weight excluding hydrogens is 296 g/mol. The van der Waals surface area contributed by atoms with Gasteiger partial charge in [-0.25, -0.2) is 4.79 Å². The normalized spacial score (nSPS) is 12.4. The van der Waals surface area contributed by atoms with Crippen molar-refractivity contribution in [1.82, 2.24) is 9.78 Å². The summed E-state index contributed by atoms with van der Waals surface area (Å²) in [5.74, 6) is -0.892. The Balaban J connectivity index is 2.48. The fraction of sp³-hybridized carbons (Fsp3) is 0.231. The average Bonchev–Trinajstić information content (AvgIpc) is 2.71. The molecule has 0 saturated carbocycles. The van der Waals surface area contributed by atoms with Crippen LogP contribution in [0.4, 0.5) is 0 Å². The Bertz CT molecular complexity index is 592. The highest BCUT2D eigenvalue weighted by Gasteiger charge is 2.17. The molecule has 2 aromatic rings. The maximum absolute atomic E-state index is 11.0. The van der Waals surface area contributed by atoms with Gasteiger partial charge in [-0.3, -0.25) is 4.68 Å². The minimum atomic E-state index is -0.892. The summed E-state index contributed by atoms with van der Waals surface area (Å²) >= 11 is 3.48. The Morgan fingerprint density at radius 1 is 1.44 bits per heavy atom. The average molecular weight is 309 g/mol. The quantitative estimate of drug-likeness (QED) is 0.947. The van der Waals surface area contributed by atoms with Crippen molar-refractivity contribution in [3.8, 4) is 11.3 Å². The number of carboxylic acid groups (broad SMARTS) is 1. The number of aromatic nitrogens is 2. The van der Waals surface area contributed by atoms with Crippen LogP contribution in [0.15, 0.2) is 34.9 Å². The standard InChI is InChI=1S/C13H13BrN2O2/c1-8-7-16(9(2)13(17)18)15-12(8)10-5-3-4-6-11(10)14/h3-7,9H,1-2H3,(H,17,18). The smallest absolute Gasteiger partial charge is 0.328 e. The van der Waals surface area contributed by atoms with E-state index in [-0.39, 0.29) is 0 Å². The summed E-state index contributed by atoms with van der Waals surface area (Å²) < 4.78 is 2.42. The highest BCUT2D eigenvalue weighted by Crippen LogP contribution is 2.29. The summed E-state index contributed by atoms with van der Waals surface area (Å²) in [4.78, 5) is 11.0. The van der Waals surface area contributed by atoms with E-state index in [0.717, 1.165) is 21.3 Å². The number of nitrogens with zero attached hydrogens (tertiary/aromatic N) is 2. The predicted octanol–water partition coefficient (Wildman–Crippen LogP) is 3.27. The van der Waals surface area contributed by atoms with Crippen molar-refractivity contribution in [3.63, 3.8) is 0 Å². The van der Waals surface area contributed by atoms with Gasteiger partial charge >= 0.3 is 5.97 Å². The summed E-state index contributed by atoms with van der Waals surface area (Å²) in [6.45, 7) is 3.53. The Kier molecular flexibility index (Phi) is 3.52. The van der Waals surface area contributed by atoms with Crippen LogP contribution in [0.3, 0.4) is 0 Å². The van der Waals surface area contributed by atoms with Crippen molar-refractivity contribution in [2.45, 2.75) is 19.9 Å². The van der Waals surface area contributed by atoms with Crippen molar-refractivity contribution < 1.29 is 9.90 Å². The lowest BCUT2D eigenvalue weighted by Crippen LogP contribution is -2.15. The minimum Gasteiger partial charge on any atom is -0.480 e. The van der Waals surface area contributed by atoms with Gasteiger partial charge < -0.3 is 5.11 Å². The Morgan fingerprint density at radius 3 is 2.72 bits per heavy atom. The first-order valence-corrected chi connectivity index (χ1v) is 6.33. The molecule has 0 aliphatic heterocycles. The van der Waals surface area contributed by atoms with E-state index in [2.05, 4.69) is 21.0 Å². The van der Waals surface area contributed by atoms with E-state index < -0.39 is 12.0 Å². The van der Waals surface area contributed by atoms with Gasteiger partial charge in [0.15, 0.2) is 0 Å². The largest absolute Gasteiger partial charge is 0.480 e. The van der Waals surface area contributed by atoms with E-state index in [1.165, 1.54) is 4.68 Å². The van der Waals surface area contributed by atoms with E-state index in [1.54, 1.807) is 13.1 Å². The second-order valence-corrected chi connectivity index (χ2v) is 4.99. The number of aryl methyl sites for hydroxylation is 1. The van der Waals surface area contributed by atoms with Crippen LogP contribution in [-0.4, -0.2) is 20.9 Å². The lowest BCUT2D eigenvalue weighted by atomic mass is 10.1. The van der Waals surface area contributed by atoms with Crippen LogP contribution in [0.5, 0.6) is 0 Å². The molecule has 1 aromatic carbocycles. The summed E-state index contributed by atoms with van der Waals surface area (Å²) in [6.07, 6.45) is 1.76. The maximum Gasteiger partial charge on any atom is 0.328 e. The van der Waals surface area contributed by atoms with Crippen LogP contribution in [-0.2, 0) is 4.79 Å². The molecule has 0 amide bonds. The predicted molar refractivity (Wildman–Crippen MR) is 72.4 cm³/mol. The van der Waals surface area contributed by atoms with Crippen molar-refractivity contribution in [2.24, 2.45) is 0 Å². The Labute approximate surface area is 113 Å². The highest BCUT2D eigenvalue weighted by molar-refractivity contribution is 9.10. The van der Waals surface area contributed by atoms with E-state index in [9.17, 15) is 4.79 Å². The number of benzene rings is 1. The summed E-state index contributed by atoms with van der Waals surface area (Å²) in [5, 5.41) is 13.4. The lowest BCUT2D eigenvalue weighted by molar-refractivity contribution is -0.140. The number of hydrogen-bond acceptors (Lipinski definition) is 2. The van der Waals surface area contributed by atoms with Crippen LogP contribution in [0.1, 0.15) is 18.5 Å². The Morgan fingerprint density at radius 2 is 2.11 bits per heavy atom. The topological polar surface area (TPSA) is 55.1 Å². The number of rotatable bonds is 3. The number of carbonyl (C=O) groups is 1. The molecule has 0 fully saturated rings. The minimum absolute atomic E-state index is 0.667. The van der Waals surface area contributed by atoms with Gasteiger partial charge in [-0.2, -0.15) is 5.10 Å². The Hall–Kier alpha value is -1.62. The van der Waals surface area contributed by atoms with Gasteiger partial charge in [-0.05, 0) is 25.5 Å². The van der Waals surface area contributed by atoms with E-state index in [0.29, 0.717) is 0 Å². The zero-order valence-corrected chi connectivity index (χ0v) is 11.7. The molecule has 0 aliphatic rings. The van der Waals surface area contributed by atoms with Gasteiger partial charge in [0.1, 0.15) is 6.04 Å². The van der Waals surface area contributed by atoms with Gasteiger partial charge in [0.25, 0.3) is 0 Å². The number of carboxylic acids is 1. The van der Waals surface area contributed by atoms with Gasteiger partial charge in [0, 0.05) is 16.2 Å². The van der Waals surface area contributed by atoms with Crippen LogP contribution in [0, 0.1) is 6.92 Å². The molecule has 0 bridgehead atoms. The third kappa shape index (κ3) is 2.31. The third-order valence-electron chi connectivity index (χ3n) is 2.80. The molecule has 1 unspecified atom stereocenters. The first kappa shape index (κ1) is 12.8. The zero-order chi connectivity index (χ0) is 13.3. The van der Waals surface area contributed by atoms with E-state index in [4.69, 9.17) is 5.11 Å². The highest BCUT2D eigenvalue weighted by atomic mass is 79.9. The van der Waals surface area contributed by atoms with Gasteiger partial charge in [0.05, 0.1) is 5.69 Å². The number of halogens is 1. The van der Waals surface area contributed by atoms with Gasteiger partial charge in [-0.15, -0.1) is 0 Å². The second-order valence-electron chi connectivity index (χ2n) is 4.13. The molecule has 2 rings (SSSR count). The molecule has 4 nitrogen and oxygen atoms in total. The second kappa shape index (κ2) is 4.94. The molecule has 1 heterocycles. The van der Waals surface area contributed by atoms with Crippen molar-refractivity contribution in [3.05, 3.63) is 40.5 Å². The van der Waals surface area contributed by atoms with Crippen molar-refractivity contribution in [1.29, 1.82) is 0 Å². The fourth-order valence-electron chi connectivity index (χ4n) is 1.71. The number of hydrogen-bond donors (Lipinski definition) is 1. The SMILES string of the molecule is Cc1cn(C(C)C(=O)O)nc1-c1ccccc1Br. The summed E-state index contributed by atoms with van der Waals surface area (Å²) in [7, 11) is 0. The van der Waals surface area contributed by atoms with Crippen molar-refractivity contribution >= 4 is 21.9 Å². The third-order valence-corrected chi connectivity index (χ3v) is 3.49. The monoisotopic (exact) mass is 308 g/mol. The molecule has 1 N–H and O–H groups in total. The molecule has 1 atom stereocenters. The lowest BCUT2D eigenvalue weighted by Gasteiger charge is -2.06. The fourth-order valence-corrected chi connectivity index (χ4v) is 2.19. The molecule has 5 heteroatoms. The van der Waals surface area contributed by atoms with Crippen molar-refractivity contribution in [2.75, 3.05) is 0 Å². The molecule has 0 aliphatic carbocycles. The molecule has 1 aromatic heterocycles. The molecular formula is C13H13BrN2O2. The van der Waals surface area contributed by atoms with E-state index in [1.807, 2.05) is 31.2 Å². The van der Waals surface area contributed by atoms with Gasteiger partial charge in [0.2, 0.25) is 0 Å². The molecule has 18 heavy (non-hydrogen) atoms.